The Morgan fingerprint density at radius 3 is 2.74 bits per heavy atom. The van der Waals surface area contributed by atoms with Crippen LogP contribution in [0, 0.1) is 0 Å². The van der Waals surface area contributed by atoms with Gasteiger partial charge in [0.1, 0.15) is 5.76 Å². The van der Waals surface area contributed by atoms with Crippen molar-refractivity contribution in [3.63, 3.8) is 0 Å². The number of ether oxygens (including phenoxy) is 1. The lowest BCUT2D eigenvalue weighted by molar-refractivity contribution is -0.137. The minimum absolute atomic E-state index is 0.161. The fourth-order valence-corrected chi connectivity index (χ4v) is 2.87. The third-order valence-electron chi connectivity index (χ3n) is 3.83. The summed E-state index contributed by atoms with van der Waals surface area (Å²) in [5, 5.41) is 0. The van der Waals surface area contributed by atoms with Crippen molar-refractivity contribution in [3.05, 3.63) is 23.0 Å². The third kappa shape index (κ3) is 4.05. The van der Waals surface area contributed by atoms with Crippen molar-refractivity contribution in [1.29, 1.82) is 0 Å². The second kappa shape index (κ2) is 6.69. The molecule has 0 spiro atoms. The number of carbonyl (C=O) groups is 2. The molecule has 0 aromatic heterocycles. The van der Waals surface area contributed by atoms with E-state index in [4.69, 9.17) is 4.74 Å². The number of hydrogen-bond acceptors (Lipinski definition) is 3. The molecule has 0 aromatic carbocycles. The highest BCUT2D eigenvalue weighted by atomic mass is 16.5. The van der Waals surface area contributed by atoms with Gasteiger partial charge in [0.15, 0.2) is 5.78 Å². The highest BCUT2D eigenvalue weighted by molar-refractivity contribution is 5.98. The van der Waals surface area contributed by atoms with E-state index in [1.165, 1.54) is 38.2 Å². The van der Waals surface area contributed by atoms with E-state index in [0.717, 1.165) is 24.8 Å². The maximum Gasteiger partial charge on any atom is 0.307 e. The van der Waals surface area contributed by atoms with Crippen LogP contribution in [-0.2, 0) is 14.3 Å². The molecule has 0 radical (unpaired) electrons. The first-order valence-corrected chi connectivity index (χ1v) is 7.28. The molecule has 104 valence electrons. The summed E-state index contributed by atoms with van der Waals surface area (Å²) in [5.41, 5.74) is 2.29. The van der Waals surface area contributed by atoms with Crippen molar-refractivity contribution in [2.24, 2.45) is 0 Å². The summed E-state index contributed by atoms with van der Waals surface area (Å²) in [4.78, 5) is 22.8. The lowest BCUT2D eigenvalue weighted by Gasteiger charge is -2.12. The average molecular weight is 262 g/mol. The lowest BCUT2D eigenvalue weighted by Crippen LogP contribution is -2.02. The number of allylic oxidation sites excluding steroid dienone is 4. The Morgan fingerprint density at radius 1 is 1.21 bits per heavy atom. The van der Waals surface area contributed by atoms with Crippen LogP contribution in [0.2, 0.25) is 0 Å². The Balaban J connectivity index is 1.87. The fourth-order valence-electron chi connectivity index (χ4n) is 2.87. The molecule has 2 aliphatic rings. The maximum absolute atomic E-state index is 11.8. The van der Waals surface area contributed by atoms with Crippen molar-refractivity contribution in [2.75, 3.05) is 0 Å². The second-order valence-electron chi connectivity index (χ2n) is 5.38. The van der Waals surface area contributed by atoms with Crippen molar-refractivity contribution in [1.82, 2.24) is 0 Å². The molecular formula is C16H22O3. The standard InChI is InChI=1S/C16H22O3/c1-12(17)19-16-11-10-15(18)14(16)9-5-8-13-6-3-2-4-7-13/h6H,2-5,7-11H2,1H3. The first-order chi connectivity index (χ1) is 9.16. The monoisotopic (exact) mass is 262 g/mol. The van der Waals surface area contributed by atoms with Gasteiger partial charge < -0.3 is 4.74 Å². The summed E-state index contributed by atoms with van der Waals surface area (Å²) in [6.45, 7) is 1.39. The zero-order chi connectivity index (χ0) is 13.7. The van der Waals surface area contributed by atoms with Gasteiger partial charge in [0, 0.05) is 25.3 Å². The Bertz CT molecular complexity index is 429. The van der Waals surface area contributed by atoms with Gasteiger partial charge in [-0.25, -0.2) is 0 Å². The molecule has 3 nitrogen and oxygen atoms in total. The molecule has 0 atom stereocenters. The van der Waals surface area contributed by atoms with E-state index in [0.29, 0.717) is 18.6 Å². The van der Waals surface area contributed by atoms with Gasteiger partial charge in [0.05, 0.1) is 0 Å². The maximum atomic E-state index is 11.8. The molecule has 3 heteroatoms. The van der Waals surface area contributed by atoms with E-state index >= 15 is 0 Å². The van der Waals surface area contributed by atoms with Crippen LogP contribution in [-0.4, -0.2) is 11.8 Å². The van der Waals surface area contributed by atoms with Crippen LogP contribution in [0.4, 0.5) is 0 Å². The van der Waals surface area contributed by atoms with Gasteiger partial charge in [-0.2, -0.15) is 0 Å². The number of rotatable bonds is 5. The van der Waals surface area contributed by atoms with Gasteiger partial charge >= 0.3 is 5.97 Å². The molecule has 0 amide bonds. The summed E-state index contributed by atoms with van der Waals surface area (Å²) in [7, 11) is 0. The molecular weight excluding hydrogens is 240 g/mol. The molecule has 2 aliphatic carbocycles. The third-order valence-corrected chi connectivity index (χ3v) is 3.83. The van der Waals surface area contributed by atoms with E-state index in [2.05, 4.69) is 6.08 Å². The minimum Gasteiger partial charge on any atom is -0.431 e. The Labute approximate surface area is 114 Å². The molecule has 0 fully saturated rings. The van der Waals surface area contributed by atoms with Gasteiger partial charge in [-0.15, -0.1) is 0 Å². The summed E-state index contributed by atoms with van der Waals surface area (Å²) >= 11 is 0. The van der Waals surface area contributed by atoms with Crippen LogP contribution in [0.1, 0.15) is 64.7 Å². The number of esters is 1. The molecule has 2 rings (SSSR count). The zero-order valence-corrected chi connectivity index (χ0v) is 11.7. The highest BCUT2D eigenvalue weighted by Crippen LogP contribution is 2.29. The zero-order valence-electron chi connectivity index (χ0n) is 11.7. The number of hydrogen-bond donors (Lipinski definition) is 0. The normalized spacial score (nSPS) is 19.6. The molecule has 0 heterocycles. The lowest BCUT2D eigenvalue weighted by atomic mass is 9.94. The Hall–Kier alpha value is -1.38. The molecule has 0 aliphatic heterocycles. The van der Waals surface area contributed by atoms with Crippen molar-refractivity contribution in [2.45, 2.75) is 64.7 Å². The number of ketones is 1. The number of Topliss-reactive ketones (excluding diaryl/α,β-unsaturated/α-hetero) is 1. The molecule has 0 aromatic rings. The van der Waals surface area contributed by atoms with Crippen LogP contribution in [0.5, 0.6) is 0 Å². The molecule has 0 saturated carbocycles. The molecule has 0 bridgehead atoms. The van der Waals surface area contributed by atoms with E-state index in [9.17, 15) is 9.59 Å². The van der Waals surface area contributed by atoms with Gasteiger partial charge in [0.2, 0.25) is 0 Å². The van der Waals surface area contributed by atoms with Gasteiger partial charge in [-0.3, -0.25) is 9.59 Å². The van der Waals surface area contributed by atoms with Crippen LogP contribution in [0.25, 0.3) is 0 Å². The minimum atomic E-state index is -0.322. The smallest absolute Gasteiger partial charge is 0.307 e. The summed E-state index contributed by atoms with van der Waals surface area (Å²) in [6, 6.07) is 0. The van der Waals surface area contributed by atoms with E-state index in [1.807, 2.05) is 0 Å². The molecule has 0 N–H and O–H groups in total. The van der Waals surface area contributed by atoms with Crippen molar-refractivity contribution < 1.29 is 14.3 Å². The van der Waals surface area contributed by atoms with E-state index in [1.54, 1.807) is 0 Å². The predicted octanol–water partition coefficient (Wildman–Crippen LogP) is 3.84. The summed E-state index contributed by atoms with van der Waals surface area (Å²) < 4.78 is 5.14. The second-order valence-corrected chi connectivity index (χ2v) is 5.38. The Morgan fingerprint density at radius 2 is 2.05 bits per heavy atom. The molecule has 0 unspecified atom stereocenters. The van der Waals surface area contributed by atoms with Crippen LogP contribution in [0.3, 0.4) is 0 Å². The van der Waals surface area contributed by atoms with E-state index < -0.39 is 0 Å². The average Bonchev–Trinajstić information content (AvgIpc) is 2.72. The van der Waals surface area contributed by atoms with Crippen molar-refractivity contribution in [3.8, 4) is 0 Å². The van der Waals surface area contributed by atoms with Crippen molar-refractivity contribution >= 4 is 11.8 Å². The predicted molar refractivity (Wildman–Crippen MR) is 73.4 cm³/mol. The van der Waals surface area contributed by atoms with Crippen LogP contribution in [0.15, 0.2) is 23.0 Å². The first-order valence-electron chi connectivity index (χ1n) is 7.28. The molecule has 19 heavy (non-hydrogen) atoms. The van der Waals surface area contributed by atoms with Gasteiger partial charge in [0.25, 0.3) is 0 Å². The fraction of sp³-hybridized carbons (Fsp3) is 0.625. The summed E-state index contributed by atoms with van der Waals surface area (Å²) in [6.07, 6.45) is 11.3. The SMILES string of the molecule is CC(=O)OC1=C(CCCC2=CCCCC2)C(=O)CC1. The largest absolute Gasteiger partial charge is 0.431 e. The van der Waals surface area contributed by atoms with Crippen LogP contribution < -0.4 is 0 Å². The van der Waals surface area contributed by atoms with Gasteiger partial charge in [-0.05, 0) is 44.9 Å². The highest BCUT2D eigenvalue weighted by Gasteiger charge is 2.24. The van der Waals surface area contributed by atoms with Gasteiger partial charge in [-0.1, -0.05) is 11.6 Å². The Kier molecular flexibility index (Phi) is 4.94. The topological polar surface area (TPSA) is 43.4 Å². The van der Waals surface area contributed by atoms with Crippen LogP contribution >= 0.6 is 0 Å². The quantitative estimate of drug-likeness (QED) is 0.558. The summed E-state index contributed by atoms with van der Waals surface area (Å²) in [5.74, 6) is 0.459. The molecule has 0 saturated heterocycles. The van der Waals surface area contributed by atoms with E-state index in [-0.39, 0.29) is 11.8 Å². The number of carbonyl (C=O) groups excluding carboxylic acids is 2. The first kappa shape index (κ1) is 14.0.